The largest absolute Gasteiger partial charge is 0.480 e. The number of carbonyl (C=O) groups is 2. The lowest BCUT2D eigenvalue weighted by molar-refractivity contribution is -0.142. The van der Waals surface area contributed by atoms with Gasteiger partial charge in [-0.1, -0.05) is 19.8 Å². The van der Waals surface area contributed by atoms with Gasteiger partial charge in [-0.15, -0.1) is 0 Å². The van der Waals surface area contributed by atoms with E-state index >= 15 is 0 Å². The Hall–Kier alpha value is -1.36. The molecule has 18 heavy (non-hydrogen) atoms. The number of carbonyl (C=O) groups excluding carboxylic acids is 1. The average Bonchev–Trinajstić information content (AvgIpc) is 2.84. The van der Waals surface area contributed by atoms with Crippen molar-refractivity contribution in [3.05, 3.63) is 22.4 Å². The summed E-state index contributed by atoms with van der Waals surface area (Å²) in [5.74, 6) is -1.14. The molecule has 1 aromatic heterocycles. The summed E-state index contributed by atoms with van der Waals surface area (Å²) in [5.41, 5.74) is 1.12. The minimum absolute atomic E-state index is 0.190. The van der Waals surface area contributed by atoms with Gasteiger partial charge in [-0.25, -0.2) is 4.79 Å². The van der Waals surface area contributed by atoms with Crippen LogP contribution in [0.1, 0.15) is 38.2 Å². The Kier molecular flexibility index (Phi) is 6.43. The van der Waals surface area contributed by atoms with Crippen molar-refractivity contribution in [1.29, 1.82) is 0 Å². The Labute approximate surface area is 111 Å². The lowest BCUT2D eigenvalue weighted by Crippen LogP contribution is -2.40. The van der Waals surface area contributed by atoms with Crippen molar-refractivity contribution in [3.63, 3.8) is 0 Å². The topological polar surface area (TPSA) is 66.4 Å². The number of unbranched alkanes of at least 4 members (excludes halogenated alkanes) is 1. The van der Waals surface area contributed by atoms with E-state index in [-0.39, 0.29) is 5.91 Å². The fraction of sp³-hybridized carbons (Fsp3) is 0.538. The third-order valence-corrected chi connectivity index (χ3v) is 3.43. The Morgan fingerprint density at radius 3 is 2.83 bits per heavy atom. The van der Waals surface area contributed by atoms with Gasteiger partial charge in [0.2, 0.25) is 5.91 Å². The monoisotopic (exact) mass is 269 g/mol. The van der Waals surface area contributed by atoms with Gasteiger partial charge in [0.25, 0.3) is 0 Å². The molecule has 1 heterocycles. The van der Waals surface area contributed by atoms with E-state index in [4.69, 9.17) is 5.11 Å². The number of aliphatic carboxylic acids is 1. The van der Waals surface area contributed by atoms with E-state index in [2.05, 4.69) is 5.32 Å². The van der Waals surface area contributed by atoms with E-state index < -0.39 is 12.0 Å². The van der Waals surface area contributed by atoms with Crippen molar-refractivity contribution in [1.82, 2.24) is 5.32 Å². The molecule has 0 aliphatic heterocycles. The number of nitrogens with one attached hydrogen (secondary N) is 1. The standard InChI is InChI=1S/C13H19NO3S/c1-2-3-4-11(13(16)17)14-12(15)6-5-10-7-8-18-9-10/h7-9,11H,2-6H2,1H3,(H,14,15)(H,16,17). The van der Waals surface area contributed by atoms with Crippen molar-refractivity contribution in [2.75, 3.05) is 0 Å². The van der Waals surface area contributed by atoms with E-state index in [1.165, 1.54) is 0 Å². The van der Waals surface area contributed by atoms with E-state index in [0.717, 1.165) is 18.4 Å². The minimum atomic E-state index is -0.952. The van der Waals surface area contributed by atoms with Crippen LogP contribution in [-0.4, -0.2) is 23.0 Å². The molecular weight excluding hydrogens is 250 g/mol. The molecule has 1 aromatic rings. The highest BCUT2D eigenvalue weighted by Crippen LogP contribution is 2.08. The molecule has 0 saturated carbocycles. The molecule has 1 atom stereocenters. The molecule has 0 spiro atoms. The number of aryl methyl sites for hydroxylation is 1. The second-order valence-electron chi connectivity index (χ2n) is 4.23. The van der Waals surface area contributed by atoms with Crippen LogP contribution in [0, 0.1) is 0 Å². The first-order valence-electron chi connectivity index (χ1n) is 6.16. The second-order valence-corrected chi connectivity index (χ2v) is 5.01. The number of thiophene rings is 1. The maximum absolute atomic E-state index is 11.6. The molecule has 100 valence electrons. The highest BCUT2D eigenvalue weighted by Gasteiger charge is 2.18. The van der Waals surface area contributed by atoms with Gasteiger partial charge in [0, 0.05) is 6.42 Å². The molecule has 1 amide bonds. The van der Waals surface area contributed by atoms with Crippen LogP contribution >= 0.6 is 11.3 Å². The number of hydrogen-bond donors (Lipinski definition) is 2. The van der Waals surface area contributed by atoms with E-state index in [1.54, 1.807) is 11.3 Å². The van der Waals surface area contributed by atoms with Crippen molar-refractivity contribution < 1.29 is 14.7 Å². The van der Waals surface area contributed by atoms with Crippen LogP contribution in [0.25, 0.3) is 0 Å². The molecule has 0 radical (unpaired) electrons. The van der Waals surface area contributed by atoms with Crippen molar-refractivity contribution in [2.24, 2.45) is 0 Å². The predicted octanol–water partition coefficient (Wildman–Crippen LogP) is 2.44. The lowest BCUT2D eigenvalue weighted by atomic mass is 10.1. The molecule has 0 aromatic carbocycles. The molecule has 0 bridgehead atoms. The van der Waals surface area contributed by atoms with E-state index in [0.29, 0.717) is 19.3 Å². The fourth-order valence-electron chi connectivity index (χ4n) is 1.62. The van der Waals surface area contributed by atoms with Crippen molar-refractivity contribution >= 4 is 23.2 Å². The second kappa shape index (κ2) is 7.87. The Morgan fingerprint density at radius 1 is 1.50 bits per heavy atom. The SMILES string of the molecule is CCCCC(NC(=O)CCc1ccsc1)C(=O)O. The Bertz CT molecular complexity index is 376. The zero-order valence-electron chi connectivity index (χ0n) is 10.5. The number of hydrogen-bond acceptors (Lipinski definition) is 3. The highest BCUT2D eigenvalue weighted by molar-refractivity contribution is 7.07. The number of rotatable bonds is 8. The van der Waals surface area contributed by atoms with Crippen molar-refractivity contribution in [2.45, 2.75) is 45.1 Å². The first kappa shape index (κ1) is 14.7. The highest BCUT2D eigenvalue weighted by atomic mass is 32.1. The molecule has 0 aliphatic rings. The zero-order valence-corrected chi connectivity index (χ0v) is 11.3. The van der Waals surface area contributed by atoms with Gasteiger partial charge in [-0.3, -0.25) is 4.79 Å². The van der Waals surface area contributed by atoms with Gasteiger partial charge >= 0.3 is 5.97 Å². The Balaban J connectivity index is 2.34. The average molecular weight is 269 g/mol. The van der Waals surface area contributed by atoms with Gasteiger partial charge in [0.05, 0.1) is 0 Å². The summed E-state index contributed by atoms with van der Waals surface area (Å²) in [4.78, 5) is 22.6. The van der Waals surface area contributed by atoms with Crippen LogP contribution in [0.4, 0.5) is 0 Å². The first-order valence-corrected chi connectivity index (χ1v) is 7.11. The summed E-state index contributed by atoms with van der Waals surface area (Å²) in [5, 5.41) is 15.5. The number of carboxylic acid groups (broad SMARTS) is 1. The van der Waals surface area contributed by atoms with Crippen molar-refractivity contribution in [3.8, 4) is 0 Å². The number of carboxylic acids is 1. The van der Waals surface area contributed by atoms with Gasteiger partial charge in [0.1, 0.15) is 6.04 Å². The zero-order chi connectivity index (χ0) is 13.4. The minimum Gasteiger partial charge on any atom is -0.480 e. The summed E-state index contributed by atoms with van der Waals surface area (Å²) in [7, 11) is 0. The van der Waals surface area contributed by atoms with Crippen LogP contribution in [0.5, 0.6) is 0 Å². The normalized spacial score (nSPS) is 12.1. The van der Waals surface area contributed by atoms with Crippen LogP contribution in [0.2, 0.25) is 0 Å². The summed E-state index contributed by atoms with van der Waals surface area (Å²) >= 11 is 1.60. The molecule has 2 N–H and O–H groups in total. The summed E-state index contributed by atoms with van der Waals surface area (Å²) < 4.78 is 0. The third kappa shape index (κ3) is 5.31. The third-order valence-electron chi connectivity index (χ3n) is 2.70. The maximum atomic E-state index is 11.6. The van der Waals surface area contributed by atoms with Gasteiger partial charge in [-0.05, 0) is 35.2 Å². The summed E-state index contributed by atoms with van der Waals surface area (Å²) in [6.07, 6.45) is 3.23. The van der Waals surface area contributed by atoms with Crippen LogP contribution in [-0.2, 0) is 16.0 Å². The molecule has 0 aliphatic carbocycles. The lowest BCUT2D eigenvalue weighted by Gasteiger charge is -2.13. The van der Waals surface area contributed by atoms with Gasteiger partial charge < -0.3 is 10.4 Å². The molecular formula is C13H19NO3S. The smallest absolute Gasteiger partial charge is 0.326 e. The van der Waals surface area contributed by atoms with Crippen LogP contribution in [0.3, 0.4) is 0 Å². The fourth-order valence-corrected chi connectivity index (χ4v) is 2.33. The molecule has 1 rings (SSSR count). The predicted molar refractivity (Wildman–Crippen MR) is 71.7 cm³/mol. The maximum Gasteiger partial charge on any atom is 0.326 e. The van der Waals surface area contributed by atoms with Gasteiger partial charge in [-0.2, -0.15) is 11.3 Å². The Morgan fingerprint density at radius 2 is 2.28 bits per heavy atom. The molecule has 1 unspecified atom stereocenters. The van der Waals surface area contributed by atoms with E-state index in [9.17, 15) is 9.59 Å². The quantitative estimate of drug-likeness (QED) is 0.761. The van der Waals surface area contributed by atoms with E-state index in [1.807, 2.05) is 23.8 Å². The summed E-state index contributed by atoms with van der Waals surface area (Å²) in [6, 6.07) is 1.23. The summed E-state index contributed by atoms with van der Waals surface area (Å²) in [6.45, 7) is 2.00. The molecule has 4 nitrogen and oxygen atoms in total. The molecule has 5 heteroatoms. The van der Waals surface area contributed by atoms with Crippen LogP contribution in [0.15, 0.2) is 16.8 Å². The molecule has 0 fully saturated rings. The number of amides is 1. The van der Waals surface area contributed by atoms with Gasteiger partial charge in [0.15, 0.2) is 0 Å². The first-order chi connectivity index (χ1) is 8.63. The van der Waals surface area contributed by atoms with Crippen LogP contribution < -0.4 is 5.32 Å². The molecule has 0 saturated heterocycles.